The summed E-state index contributed by atoms with van der Waals surface area (Å²) in [5.41, 5.74) is 9.94. The molecular formula is C16H11F2N3O4. The van der Waals surface area contributed by atoms with Gasteiger partial charge in [0.1, 0.15) is 6.04 Å². The first-order valence-corrected chi connectivity index (χ1v) is 7.15. The molecule has 2 aromatic rings. The summed E-state index contributed by atoms with van der Waals surface area (Å²) in [7, 11) is 0. The molecule has 0 saturated heterocycles. The Bertz CT molecular complexity index is 879. The van der Waals surface area contributed by atoms with Gasteiger partial charge in [-0.15, -0.1) is 8.78 Å². The Kier molecular flexibility index (Phi) is 4.16. The number of hydrogen-bond acceptors (Lipinski definition) is 4. The highest BCUT2D eigenvalue weighted by molar-refractivity contribution is 5.76. The van der Waals surface area contributed by atoms with Crippen molar-refractivity contribution in [3.8, 4) is 22.6 Å². The van der Waals surface area contributed by atoms with Crippen LogP contribution in [-0.4, -0.2) is 23.4 Å². The highest BCUT2D eigenvalue weighted by Gasteiger charge is 2.44. The number of rotatable bonds is 5. The number of halogens is 2. The maximum atomic E-state index is 13.3. The van der Waals surface area contributed by atoms with Crippen LogP contribution in [0, 0.1) is 0 Å². The third kappa shape index (κ3) is 3.46. The lowest BCUT2D eigenvalue weighted by molar-refractivity contribution is -0.286. The molecular weight excluding hydrogens is 336 g/mol. The Morgan fingerprint density at radius 3 is 2.76 bits per heavy atom. The van der Waals surface area contributed by atoms with E-state index in [4.69, 9.17) is 10.6 Å². The molecule has 0 amide bonds. The zero-order chi connectivity index (χ0) is 18.0. The zero-order valence-corrected chi connectivity index (χ0v) is 12.6. The van der Waals surface area contributed by atoms with Crippen LogP contribution in [0.5, 0.6) is 11.5 Å². The second-order valence-corrected chi connectivity index (χ2v) is 5.26. The second-order valence-electron chi connectivity index (χ2n) is 5.26. The Balaban J connectivity index is 1.95. The van der Waals surface area contributed by atoms with Crippen LogP contribution < -0.4 is 9.47 Å². The predicted molar refractivity (Wildman–Crippen MR) is 82.4 cm³/mol. The largest absolute Gasteiger partial charge is 0.586 e. The van der Waals surface area contributed by atoms with Gasteiger partial charge in [-0.2, -0.15) is 0 Å². The number of carbonyl (C=O) groups is 1. The number of fused-ring (bicyclic) bond motifs is 1. The molecule has 0 radical (unpaired) electrons. The minimum Gasteiger partial charge on any atom is -0.481 e. The van der Waals surface area contributed by atoms with Crippen LogP contribution in [-0.2, 0) is 11.2 Å². The first-order chi connectivity index (χ1) is 11.9. The topological polar surface area (TPSA) is 105 Å². The summed E-state index contributed by atoms with van der Waals surface area (Å²) in [5, 5.41) is 12.3. The number of hydrogen-bond donors (Lipinski definition) is 1. The minimum atomic E-state index is -3.73. The van der Waals surface area contributed by atoms with E-state index in [9.17, 15) is 13.6 Å². The van der Waals surface area contributed by atoms with Gasteiger partial charge in [0.2, 0.25) is 0 Å². The SMILES string of the molecule is [N-]=[N+]=N[C@@H](Cc1cccc(-c2cccc3c2OC(F)(F)O3)c1)C(=O)O. The van der Waals surface area contributed by atoms with Crippen molar-refractivity contribution in [1.29, 1.82) is 0 Å². The normalized spacial score (nSPS) is 15.3. The maximum Gasteiger partial charge on any atom is 0.586 e. The number of ether oxygens (including phenoxy) is 2. The molecule has 0 aromatic heterocycles. The van der Waals surface area contributed by atoms with Crippen LogP contribution in [0.4, 0.5) is 8.78 Å². The Hall–Kier alpha value is -3.32. The molecule has 3 rings (SSSR count). The van der Waals surface area contributed by atoms with E-state index in [0.717, 1.165) is 0 Å². The summed E-state index contributed by atoms with van der Waals surface area (Å²) in [4.78, 5) is 13.6. The summed E-state index contributed by atoms with van der Waals surface area (Å²) in [6, 6.07) is 9.84. The number of aliphatic carboxylic acids is 1. The third-order valence-corrected chi connectivity index (χ3v) is 3.57. The molecule has 2 aromatic carbocycles. The van der Waals surface area contributed by atoms with Crippen LogP contribution in [0.1, 0.15) is 5.56 Å². The van der Waals surface area contributed by atoms with E-state index in [0.29, 0.717) is 16.7 Å². The van der Waals surface area contributed by atoms with Crippen LogP contribution in [0.2, 0.25) is 0 Å². The predicted octanol–water partition coefficient (Wildman–Crippen LogP) is 3.98. The van der Waals surface area contributed by atoms with Crippen molar-refractivity contribution in [2.45, 2.75) is 18.8 Å². The Labute approximate surface area is 140 Å². The third-order valence-electron chi connectivity index (χ3n) is 3.57. The average Bonchev–Trinajstić information content (AvgIpc) is 2.88. The fourth-order valence-corrected chi connectivity index (χ4v) is 2.53. The number of para-hydroxylation sites is 1. The van der Waals surface area contributed by atoms with Crippen molar-refractivity contribution < 1.29 is 28.2 Å². The van der Waals surface area contributed by atoms with Gasteiger partial charge in [-0.25, -0.2) is 0 Å². The maximum absolute atomic E-state index is 13.3. The molecule has 1 heterocycles. The molecule has 7 nitrogen and oxygen atoms in total. The zero-order valence-electron chi connectivity index (χ0n) is 12.6. The van der Waals surface area contributed by atoms with Gasteiger partial charge in [0.05, 0.1) is 0 Å². The van der Waals surface area contributed by atoms with Crippen LogP contribution in [0.3, 0.4) is 0 Å². The standard InChI is InChI=1S/C16H11F2N3O4/c17-16(18)24-13-6-2-5-11(14(13)25-16)10-4-1-3-9(7-10)8-12(15(22)23)20-21-19/h1-7,12H,8H2,(H,22,23)/t12-/m0/s1. The number of alkyl halides is 2. The Morgan fingerprint density at radius 1 is 1.28 bits per heavy atom. The molecule has 1 aliphatic rings. The van der Waals surface area contributed by atoms with E-state index >= 15 is 0 Å². The van der Waals surface area contributed by atoms with Crippen LogP contribution in [0.15, 0.2) is 47.6 Å². The van der Waals surface area contributed by atoms with E-state index in [1.165, 1.54) is 6.07 Å². The van der Waals surface area contributed by atoms with Gasteiger partial charge in [0, 0.05) is 10.5 Å². The summed E-state index contributed by atoms with van der Waals surface area (Å²) >= 11 is 0. The van der Waals surface area contributed by atoms with Crippen molar-refractivity contribution in [1.82, 2.24) is 0 Å². The van der Waals surface area contributed by atoms with E-state index in [1.807, 2.05) is 0 Å². The number of nitrogens with zero attached hydrogens (tertiary/aromatic N) is 3. The summed E-state index contributed by atoms with van der Waals surface area (Å²) < 4.78 is 35.6. The van der Waals surface area contributed by atoms with Gasteiger partial charge in [0.25, 0.3) is 0 Å². The lowest BCUT2D eigenvalue weighted by atomic mass is 9.99. The molecule has 1 aliphatic heterocycles. The molecule has 1 atom stereocenters. The van der Waals surface area contributed by atoms with Gasteiger partial charge in [0.15, 0.2) is 11.5 Å². The molecule has 0 unspecified atom stereocenters. The molecule has 0 saturated carbocycles. The number of carboxylic acid groups (broad SMARTS) is 1. The first kappa shape index (κ1) is 16.5. The quantitative estimate of drug-likeness (QED) is 0.502. The molecule has 0 fully saturated rings. The van der Waals surface area contributed by atoms with Gasteiger partial charge < -0.3 is 14.6 Å². The first-order valence-electron chi connectivity index (χ1n) is 7.15. The second kappa shape index (κ2) is 6.29. The smallest absolute Gasteiger partial charge is 0.481 e. The number of benzene rings is 2. The summed E-state index contributed by atoms with van der Waals surface area (Å²) in [6.45, 7) is 0. The molecule has 1 N–H and O–H groups in total. The molecule has 128 valence electrons. The van der Waals surface area contributed by atoms with Gasteiger partial charge in [-0.05, 0) is 29.1 Å². The van der Waals surface area contributed by atoms with Gasteiger partial charge in [-0.1, -0.05) is 41.5 Å². The fourth-order valence-electron chi connectivity index (χ4n) is 2.53. The van der Waals surface area contributed by atoms with Crippen LogP contribution >= 0.6 is 0 Å². The summed E-state index contributed by atoms with van der Waals surface area (Å²) in [5.74, 6) is -1.42. The van der Waals surface area contributed by atoms with E-state index in [2.05, 4.69) is 19.5 Å². The molecule has 9 heteroatoms. The van der Waals surface area contributed by atoms with E-state index in [-0.39, 0.29) is 17.9 Å². The van der Waals surface area contributed by atoms with E-state index in [1.54, 1.807) is 36.4 Å². The highest BCUT2D eigenvalue weighted by atomic mass is 19.3. The van der Waals surface area contributed by atoms with Gasteiger partial charge in [-0.3, -0.25) is 4.79 Å². The lowest BCUT2D eigenvalue weighted by Gasteiger charge is -2.10. The van der Waals surface area contributed by atoms with Crippen molar-refractivity contribution in [3.05, 3.63) is 58.5 Å². The molecule has 25 heavy (non-hydrogen) atoms. The molecule has 0 bridgehead atoms. The van der Waals surface area contributed by atoms with Crippen LogP contribution in [0.25, 0.3) is 21.6 Å². The average molecular weight is 347 g/mol. The van der Waals surface area contributed by atoms with Crippen molar-refractivity contribution >= 4 is 5.97 Å². The van der Waals surface area contributed by atoms with Gasteiger partial charge >= 0.3 is 12.3 Å². The number of carboxylic acids is 1. The van der Waals surface area contributed by atoms with Crippen molar-refractivity contribution in [2.75, 3.05) is 0 Å². The lowest BCUT2D eigenvalue weighted by Crippen LogP contribution is -2.26. The molecule has 0 aliphatic carbocycles. The van der Waals surface area contributed by atoms with Crippen molar-refractivity contribution in [3.63, 3.8) is 0 Å². The highest BCUT2D eigenvalue weighted by Crippen LogP contribution is 2.47. The monoisotopic (exact) mass is 347 g/mol. The molecule has 0 spiro atoms. The van der Waals surface area contributed by atoms with Crippen molar-refractivity contribution in [2.24, 2.45) is 5.11 Å². The minimum absolute atomic E-state index is 0.0320. The fraction of sp³-hybridized carbons (Fsp3) is 0.188. The summed E-state index contributed by atoms with van der Waals surface area (Å²) in [6.07, 6.45) is -3.76. The number of azide groups is 1. The van der Waals surface area contributed by atoms with E-state index < -0.39 is 18.3 Å². The Morgan fingerprint density at radius 2 is 2.04 bits per heavy atom.